The Labute approximate surface area is 82.1 Å². The lowest BCUT2D eigenvalue weighted by molar-refractivity contribution is -0.143. The Hall–Kier alpha value is -0.690. The molecule has 0 aromatic carbocycles. The molecule has 0 aromatic heterocycles. The highest BCUT2D eigenvalue weighted by atomic mass is 32.2. The van der Waals surface area contributed by atoms with Crippen molar-refractivity contribution in [3.63, 3.8) is 0 Å². The molecule has 0 radical (unpaired) electrons. The molecule has 0 spiro atoms. The van der Waals surface area contributed by atoms with Crippen LogP contribution in [0.25, 0.3) is 0 Å². The SMILES string of the molecule is N#CC[C@H]1CCSCC[C@H]1C(=O)O. The van der Waals surface area contributed by atoms with Crippen LogP contribution in [0.4, 0.5) is 0 Å². The Bertz CT molecular complexity index is 224. The minimum Gasteiger partial charge on any atom is -0.481 e. The van der Waals surface area contributed by atoms with E-state index in [1.165, 1.54) is 0 Å². The molecule has 72 valence electrons. The lowest BCUT2D eigenvalue weighted by Gasteiger charge is -2.17. The molecule has 1 aliphatic heterocycles. The number of carboxylic acid groups (broad SMARTS) is 1. The van der Waals surface area contributed by atoms with Gasteiger partial charge in [0, 0.05) is 6.42 Å². The highest BCUT2D eigenvalue weighted by Crippen LogP contribution is 2.30. The van der Waals surface area contributed by atoms with Gasteiger partial charge >= 0.3 is 5.97 Å². The Morgan fingerprint density at radius 3 is 2.85 bits per heavy atom. The quantitative estimate of drug-likeness (QED) is 0.736. The van der Waals surface area contributed by atoms with E-state index in [1.54, 1.807) is 11.8 Å². The summed E-state index contributed by atoms with van der Waals surface area (Å²) in [6.45, 7) is 0. The lowest BCUT2D eigenvalue weighted by Crippen LogP contribution is -2.23. The molecule has 1 rings (SSSR count). The summed E-state index contributed by atoms with van der Waals surface area (Å²) in [4.78, 5) is 10.9. The monoisotopic (exact) mass is 199 g/mol. The third-order valence-electron chi connectivity index (χ3n) is 2.45. The first-order valence-corrected chi connectivity index (χ1v) is 5.58. The van der Waals surface area contributed by atoms with Gasteiger partial charge in [-0.1, -0.05) is 0 Å². The predicted octanol–water partition coefficient (Wildman–Crippen LogP) is 1.74. The molecular formula is C9H13NO2S. The number of nitrogens with zero attached hydrogens (tertiary/aromatic N) is 1. The van der Waals surface area contributed by atoms with Crippen molar-refractivity contribution < 1.29 is 9.90 Å². The van der Waals surface area contributed by atoms with Gasteiger partial charge in [0.2, 0.25) is 0 Å². The molecule has 0 saturated carbocycles. The van der Waals surface area contributed by atoms with Crippen LogP contribution in [-0.4, -0.2) is 22.6 Å². The van der Waals surface area contributed by atoms with Gasteiger partial charge in [-0.15, -0.1) is 0 Å². The summed E-state index contributed by atoms with van der Waals surface area (Å²) >= 11 is 1.79. The highest BCUT2D eigenvalue weighted by molar-refractivity contribution is 7.99. The van der Waals surface area contributed by atoms with Crippen molar-refractivity contribution in [2.24, 2.45) is 11.8 Å². The molecule has 1 heterocycles. The van der Waals surface area contributed by atoms with Gasteiger partial charge in [-0.05, 0) is 30.3 Å². The maximum absolute atomic E-state index is 10.9. The molecule has 0 unspecified atom stereocenters. The van der Waals surface area contributed by atoms with Crippen LogP contribution >= 0.6 is 11.8 Å². The average Bonchev–Trinajstić information content (AvgIpc) is 2.30. The fourth-order valence-corrected chi connectivity index (χ4v) is 2.76. The molecule has 4 heteroatoms. The van der Waals surface area contributed by atoms with Crippen molar-refractivity contribution in [2.75, 3.05) is 11.5 Å². The summed E-state index contributed by atoms with van der Waals surface area (Å²) in [5.41, 5.74) is 0. The molecule has 1 aliphatic rings. The maximum Gasteiger partial charge on any atom is 0.306 e. The first kappa shape index (κ1) is 10.4. The molecule has 0 bridgehead atoms. The summed E-state index contributed by atoms with van der Waals surface area (Å²) < 4.78 is 0. The van der Waals surface area contributed by atoms with Crippen molar-refractivity contribution >= 4 is 17.7 Å². The second-order valence-corrected chi connectivity index (χ2v) is 4.48. The Morgan fingerprint density at radius 2 is 2.23 bits per heavy atom. The highest BCUT2D eigenvalue weighted by Gasteiger charge is 2.29. The predicted molar refractivity (Wildman–Crippen MR) is 51.4 cm³/mol. The number of aliphatic carboxylic acids is 1. The van der Waals surface area contributed by atoms with Crippen LogP contribution in [0.5, 0.6) is 0 Å². The third-order valence-corrected chi connectivity index (χ3v) is 3.49. The Kier molecular flexibility index (Phi) is 4.10. The molecule has 0 aliphatic carbocycles. The van der Waals surface area contributed by atoms with E-state index < -0.39 is 5.97 Å². The number of rotatable bonds is 2. The van der Waals surface area contributed by atoms with Crippen LogP contribution in [0, 0.1) is 23.2 Å². The number of hydrogen-bond donors (Lipinski definition) is 1. The van der Waals surface area contributed by atoms with Crippen LogP contribution in [0.3, 0.4) is 0 Å². The molecular weight excluding hydrogens is 186 g/mol. The Balaban J connectivity index is 2.62. The van der Waals surface area contributed by atoms with E-state index in [0.29, 0.717) is 12.8 Å². The average molecular weight is 199 g/mol. The number of thioether (sulfide) groups is 1. The third kappa shape index (κ3) is 2.92. The van der Waals surface area contributed by atoms with E-state index in [-0.39, 0.29) is 11.8 Å². The number of nitriles is 1. The van der Waals surface area contributed by atoms with Crippen LogP contribution in [0.1, 0.15) is 19.3 Å². The maximum atomic E-state index is 10.9. The summed E-state index contributed by atoms with van der Waals surface area (Å²) in [5, 5.41) is 17.5. The zero-order valence-corrected chi connectivity index (χ0v) is 8.22. The first-order valence-electron chi connectivity index (χ1n) is 4.43. The largest absolute Gasteiger partial charge is 0.481 e. The summed E-state index contributed by atoms with van der Waals surface area (Å²) in [5.74, 6) is 0.949. The van der Waals surface area contributed by atoms with E-state index in [4.69, 9.17) is 10.4 Å². The van der Waals surface area contributed by atoms with E-state index in [1.807, 2.05) is 0 Å². The normalized spacial score (nSPS) is 28.8. The number of carbonyl (C=O) groups is 1. The standard InChI is InChI=1S/C9H13NO2S/c10-4-1-7-2-5-13-6-3-8(7)9(11)12/h7-8H,1-3,5-6H2,(H,11,12)/t7-,8+/m0/s1. The van der Waals surface area contributed by atoms with Gasteiger partial charge < -0.3 is 5.11 Å². The van der Waals surface area contributed by atoms with Gasteiger partial charge in [-0.3, -0.25) is 4.79 Å². The van der Waals surface area contributed by atoms with Crippen molar-refractivity contribution in [2.45, 2.75) is 19.3 Å². The number of carboxylic acids is 1. The van der Waals surface area contributed by atoms with E-state index in [0.717, 1.165) is 17.9 Å². The fourth-order valence-electron chi connectivity index (χ4n) is 1.67. The Morgan fingerprint density at radius 1 is 1.54 bits per heavy atom. The minimum atomic E-state index is -0.734. The lowest BCUT2D eigenvalue weighted by atomic mass is 9.86. The summed E-state index contributed by atoms with van der Waals surface area (Å²) in [6, 6.07) is 2.08. The van der Waals surface area contributed by atoms with Gasteiger partial charge in [-0.2, -0.15) is 17.0 Å². The molecule has 2 atom stereocenters. The second kappa shape index (κ2) is 5.13. The van der Waals surface area contributed by atoms with Crippen LogP contribution in [0.2, 0.25) is 0 Å². The number of hydrogen-bond acceptors (Lipinski definition) is 3. The van der Waals surface area contributed by atoms with Crippen molar-refractivity contribution in [1.29, 1.82) is 5.26 Å². The molecule has 3 nitrogen and oxygen atoms in total. The van der Waals surface area contributed by atoms with E-state index in [2.05, 4.69) is 6.07 Å². The molecule has 1 fully saturated rings. The molecule has 1 saturated heterocycles. The molecule has 13 heavy (non-hydrogen) atoms. The zero-order valence-electron chi connectivity index (χ0n) is 7.40. The zero-order chi connectivity index (χ0) is 9.68. The van der Waals surface area contributed by atoms with Gasteiger partial charge in [-0.25, -0.2) is 0 Å². The molecule has 0 amide bonds. The van der Waals surface area contributed by atoms with Crippen molar-refractivity contribution in [3.05, 3.63) is 0 Å². The molecule has 0 aromatic rings. The van der Waals surface area contributed by atoms with Crippen molar-refractivity contribution in [3.8, 4) is 6.07 Å². The topological polar surface area (TPSA) is 61.1 Å². The van der Waals surface area contributed by atoms with Crippen LogP contribution in [-0.2, 0) is 4.79 Å². The van der Waals surface area contributed by atoms with Gasteiger partial charge in [0.15, 0.2) is 0 Å². The van der Waals surface area contributed by atoms with Gasteiger partial charge in [0.05, 0.1) is 12.0 Å². The summed E-state index contributed by atoms with van der Waals surface area (Å²) in [7, 11) is 0. The second-order valence-electron chi connectivity index (χ2n) is 3.26. The minimum absolute atomic E-state index is 0.0671. The van der Waals surface area contributed by atoms with Crippen LogP contribution in [0.15, 0.2) is 0 Å². The van der Waals surface area contributed by atoms with Gasteiger partial charge in [0.1, 0.15) is 0 Å². The molecule has 1 N–H and O–H groups in total. The van der Waals surface area contributed by atoms with E-state index in [9.17, 15) is 4.79 Å². The smallest absolute Gasteiger partial charge is 0.306 e. The van der Waals surface area contributed by atoms with Crippen LogP contribution < -0.4 is 0 Å². The van der Waals surface area contributed by atoms with E-state index >= 15 is 0 Å². The fraction of sp³-hybridized carbons (Fsp3) is 0.778. The van der Waals surface area contributed by atoms with Crippen molar-refractivity contribution in [1.82, 2.24) is 0 Å². The van der Waals surface area contributed by atoms with Gasteiger partial charge in [0.25, 0.3) is 0 Å². The summed E-state index contributed by atoms with van der Waals surface area (Å²) in [6.07, 6.45) is 1.97. The first-order chi connectivity index (χ1) is 6.25.